The first-order chi connectivity index (χ1) is 7.65. The van der Waals surface area contributed by atoms with Crippen molar-refractivity contribution in [1.29, 1.82) is 0 Å². The standard InChI is InChI=1S/C10H17NO4S/c1-16-6-8(12)11-9(10(13)14)7-3-2-4-15-5-7/h7,9H,2-6H2,1H3,(H,11,12)(H,13,14). The number of thioether (sulfide) groups is 1. The van der Waals surface area contributed by atoms with Crippen LogP contribution in [-0.2, 0) is 14.3 Å². The number of amides is 1. The smallest absolute Gasteiger partial charge is 0.326 e. The van der Waals surface area contributed by atoms with Crippen molar-refractivity contribution in [3.8, 4) is 0 Å². The molecule has 92 valence electrons. The highest BCUT2D eigenvalue weighted by molar-refractivity contribution is 7.99. The van der Waals surface area contributed by atoms with Gasteiger partial charge in [-0.1, -0.05) is 0 Å². The van der Waals surface area contributed by atoms with E-state index >= 15 is 0 Å². The fourth-order valence-corrected chi connectivity index (χ4v) is 2.10. The molecule has 0 saturated carbocycles. The molecule has 5 nitrogen and oxygen atoms in total. The van der Waals surface area contributed by atoms with E-state index in [4.69, 9.17) is 9.84 Å². The molecule has 0 aliphatic carbocycles. The first-order valence-corrected chi connectivity index (χ1v) is 6.63. The predicted molar refractivity (Wildman–Crippen MR) is 61.5 cm³/mol. The lowest BCUT2D eigenvalue weighted by Gasteiger charge is -2.27. The van der Waals surface area contributed by atoms with E-state index in [0.29, 0.717) is 13.2 Å². The van der Waals surface area contributed by atoms with Gasteiger partial charge in [0.1, 0.15) is 6.04 Å². The van der Waals surface area contributed by atoms with Gasteiger partial charge in [0.15, 0.2) is 0 Å². The fourth-order valence-electron chi connectivity index (χ4n) is 1.76. The van der Waals surface area contributed by atoms with Gasteiger partial charge in [0, 0.05) is 12.5 Å². The Morgan fingerprint density at radius 1 is 1.62 bits per heavy atom. The van der Waals surface area contributed by atoms with Crippen LogP contribution >= 0.6 is 11.8 Å². The fraction of sp³-hybridized carbons (Fsp3) is 0.800. The van der Waals surface area contributed by atoms with Crippen LogP contribution in [0.1, 0.15) is 12.8 Å². The Morgan fingerprint density at radius 2 is 2.38 bits per heavy atom. The number of carbonyl (C=O) groups is 2. The molecule has 1 heterocycles. The highest BCUT2D eigenvalue weighted by Gasteiger charge is 2.30. The monoisotopic (exact) mass is 247 g/mol. The Bertz CT molecular complexity index is 251. The van der Waals surface area contributed by atoms with Gasteiger partial charge < -0.3 is 15.2 Å². The molecule has 0 aromatic heterocycles. The Hall–Kier alpha value is -0.750. The van der Waals surface area contributed by atoms with Crippen molar-refractivity contribution in [2.45, 2.75) is 18.9 Å². The minimum Gasteiger partial charge on any atom is -0.480 e. The maximum Gasteiger partial charge on any atom is 0.326 e. The molecule has 1 amide bonds. The van der Waals surface area contributed by atoms with Crippen LogP contribution in [0.3, 0.4) is 0 Å². The molecule has 0 radical (unpaired) electrons. The van der Waals surface area contributed by atoms with Crippen molar-refractivity contribution in [3.05, 3.63) is 0 Å². The van der Waals surface area contributed by atoms with Crippen LogP contribution in [0, 0.1) is 5.92 Å². The lowest BCUT2D eigenvalue weighted by atomic mass is 9.94. The average molecular weight is 247 g/mol. The molecule has 2 unspecified atom stereocenters. The van der Waals surface area contributed by atoms with Crippen molar-refractivity contribution in [2.24, 2.45) is 5.92 Å². The minimum atomic E-state index is -0.982. The van der Waals surface area contributed by atoms with Gasteiger partial charge in [0.05, 0.1) is 12.4 Å². The highest BCUT2D eigenvalue weighted by Crippen LogP contribution is 2.17. The summed E-state index contributed by atoms with van der Waals surface area (Å²) in [4.78, 5) is 22.4. The normalized spacial score (nSPS) is 22.4. The summed E-state index contributed by atoms with van der Waals surface area (Å²) >= 11 is 1.37. The van der Waals surface area contributed by atoms with Gasteiger partial charge in [-0.25, -0.2) is 4.79 Å². The molecule has 2 atom stereocenters. The first-order valence-electron chi connectivity index (χ1n) is 5.24. The number of carboxylic acid groups (broad SMARTS) is 1. The zero-order valence-corrected chi connectivity index (χ0v) is 10.1. The third-order valence-corrected chi connectivity index (χ3v) is 3.08. The van der Waals surface area contributed by atoms with Gasteiger partial charge >= 0.3 is 5.97 Å². The molecule has 1 aliphatic rings. The lowest BCUT2D eigenvalue weighted by Crippen LogP contribution is -2.48. The van der Waals surface area contributed by atoms with Crippen molar-refractivity contribution in [1.82, 2.24) is 5.32 Å². The SMILES string of the molecule is CSCC(=O)NC(C(=O)O)C1CCCOC1. The maximum absolute atomic E-state index is 11.4. The summed E-state index contributed by atoms with van der Waals surface area (Å²) in [6.07, 6.45) is 3.45. The number of carboxylic acids is 1. The van der Waals surface area contributed by atoms with E-state index in [-0.39, 0.29) is 17.6 Å². The summed E-state index contributed by atoms with van der Waals surface area (Å²) in [5.74, 6) is -1.04. The zero-order valence-electron chi connectivity index (χ0n) is 9.27. The van der Waals surface area contributed by atoms with Gasteiger partial charge in [-0.05, 0) is 19.1 Å². The topological polar surface area (TPSA) is 75.6 Å². The zero-order chi connectivity index (χ0) is 12.0. The van der Waals surface area contributed by atoms with Gasteiger partial charge in [-0.3, -0.25) is 4.79 Å². The molecular formula is C10H17NO4S. The molecule has 1 fully saturated rings. The van der Waals surface area contributed by atoms with Gasteiger partial charge in [-0.15, -0.1) is 0 Å². The van der Waals surface area contributed by atoms with Crippen molar-refractivity contribution in [2.75, 3.05) is 25.2 Å². The number of ether oxygens (including phenoxy) is 1. The number of hydrogen-bond acceptors (Lipinski definition) is 4. The summed E-state index contributed by atoms with van der Waals surface area (Å²) in [5, 5.41) is 11.6. The summed E-state index contributed by atoms with van der Waals surface area (Å²) in [6, 6.07) is -0.819. The molecule has 1 aliphatic heterocycles. The third-order valence-electron chi connectivity index (χ3n) is 2.52. The van der Waals surface area contributed by atoms with Crippen LogP contribution in [0.15, 0.2) is 0 Å². The van der Waals surface area contributed by atoms with E-state index in [1.165, 1.54) is 11.8 Å². The second-order valence-corrected chi connectivity index (χ2v) is 4.66. The van der Waals surface area contributed by atoms with E-state index in [0.717, 1.165) is 12.8 Å². The molecule has 16 heavy (non-hydrogen) atoms. The number of aliphatic carboxylic acids is 1. The second-order valence-electron chi connectivity index (χ2n) is 3.79. The van der Waals surface area contributed by atoms with Crippen LogP contribution in [0.25, 0.3) is 0 Å². The molecule has 0 aromatic rings. The lowest BCUT2D eigenvalue weighted by molar-refractivity contribution is -0.144. The van der Waals surface area contributed by atoms with E-state index in [1.54, 1.807) is 6.26 Å². The summed E-state index contributed by atoms with van der Waals surface area (Å²) in [5.41, 5.74) is 0. The Labute approximate surface area is 98.9 Å². The molecule has 0 bridgehead atoms. The molecule has 2 N–H and O–H groups in total. The molecule has 0 aromatic carbocycles. The summed E-state index contributed by atoms with van der Waals surface area (Å²) < 4.78 is 5.23. The first kappa shape index (κ1) is 13.3. The minimum absolute atomic E-state index is 0.114. The van der Waals surface area contributed by atoms with Gasteiger partial charge in [-0.2, -0.15) is 11.8 Å². The molecule has 1 rings (SSSR count). The number of nitrogens with one attached hydrogen (secondary N) is 1. The van der Waals surface area contributed by atoms with Crippen LogP contribution in [0.2, 0.25) is 0 Å². The van der Waals surface area contributed by atoms with E-state index in [9.17, 15) is 9.59 Å². The largest absolute Gasteiger partial charge is 0.480 e. The second kappa shape index (κ2) is 6.75. The van der Waals surface area contributed by atoms with Crippen molar-refractivity contribution < 1.29 is 19.4 Å². The van der Waals surface area contributed by atoms with E-state index in [1.807, 2.05) is 0 Å². The summed E-state index contributed by atoms with van der Waals surface area (Å²) in [6.45, 7) is 1.10. The average Bonchev–Trinajstić information content (AvgIpc) is 2.27. The summed E-state index contributed by atoms with van der Waals surface area (Å²) in [7, 11) is 0. The van der Waals surface area contributed by atoms with E-state index < -0.39 is 12.0 Å². The molecular weight excluding hydrogens is 230 g/mol. The van der Waals surface area contributed by atoms with Crippen LogP contribution in [0.4, 0.5) is 0 Å². The van der Waals surface area contributed by atoms with Crippen LogP contribution in [-0.4, -0.2) is 48.2 Å². The van der Waals surface area contributed by atoms with Crippen LogP contribution in [0.5, 0.6) is 0 Å². The predicted octanol–water partition coefficient (Wildman–Crippen LogP) is 0.345. The number of hydrogen-bond donors (Lipinski definition) is 2. The highest BCUT2D eigenvalue weighted by atomic mass is 32.2. The number of carbonyl (C=O) groups excluding carboxylic acids is 1. The van der Waals surface area contributed by atoms with E-state index in [2.05, 4.69) is 5.32 Å². The Balaban J connectivity index is 2.52. The molecule has 0 spiro atoms. The third kappa shape index (κ3) is 4.02. The van der Waals surface area contributed by atoms with Gasteiger partial charge in [0.2, 0.25) is 5.91 Å². The molecule has 6 heteroatoms. The van der Waals surface area contributed by atoms with Crippen molar-refractivity contribution >= 4 is 23.6 Å². The van der Waals surface area contributed by atoms with Crippen LogP contribution < -0.4 is 5.32 Å². The molecule has 1 saturated heterocycles. The quantitative estimate of drug-likeness (QED) is 0.733. The Kier molecular flexibility index (Phi) is 5.62. The Morgan fingerprint density at radius 3 is 2.88 bits per heavy atom. The van der Waals surface area contributed by atoms with Gasteiger partial charge in [0.25, 0.3) is 0 Å². The van der Waals surface area contributed by atoms with Crippen molar-refractivity contribution in [3.63, 3.8) is 0 Å². The maximum atomic E-state index is 11.4. The number of rotatable bonds is 5.